The van der Waals surface area contributed by atoms with E-state index in [1.165, 1.54) is 12.8 Å². The Hall–Kier alpha value is -0.0800. The number of hydrogen-bond acceptors (Lipinski definition) is 2. The van der Waals surface area contributed by atoms with Gasteiger partial charge in [-0.3, -0.25) is 0 Å². The Morgan fingerprint density at radius 2 is 1.33 bits per heavy atom. The van der Waals surface area contributed by atoms with Gasteiger partial charge in [-0.05, 0) is 40.5 Å². The molecular weight excluding hydrogens is 184 g/mol. The van der Waals surface area contributed by atoms with Gasteiger partial charge in [0, 0.05) is 17.1 Å². The van der Waals surface area contributed by atoms with Gasteiger partial charge in [-0.25, -0.2) is 0 Å². The van der Waals surface area contributed by atoms with Crippen molar-refractivity contribution in [2.24, 2.45) is 5.73 Å². The highest BCUT2D eigenvalue weighted by Gasteiger charge is 2.35. The molecule has 0 aliphatic carbocycles. The fraction of sp³-hybridized carbons (Fsp3) is 1.00. The summed E-state index contributed by atoms with van der Waals surface area (Å²) in [4.78, 5) is 0. The van der Waals surface area contributed by atoms with Crippen molar-refractivity contribution in [1.29, 1.82) is 0 Å². The number of rotatable bonds is 1. The van der Waals surface area contributed by atoms with E-state index >= 15 is 0 Å². The van der Waals surface area contributed by atoms with Crippen LogP contribution >= 0.6 is 0 Å². The van der Waals surface area contributed by atoms with Crippen LogP contribution in [0.1, 0.15) is 67.2 Å². The summed E-state index contributed by atoms with van der Waals surface area (Å²) in [6.07, 6.45) is 4.80. The molecule has 0 atom stereocenters. The van der Waals surface area contributed by atoms with Crippen LogP contribution < -0.4 is 11.1 Å². The molecule has 2 nitrogen and oxygen atoms in total. The summed E-state index contributed by atoms with van der Waals surface area (Å²) in [6, 6.07) is 0.362. The van der Waals surface area contributed by atoms with E-state index in [0.29, 0.717) is 6.04 Å². The highest BCUT2D eigenvalue weighted by molar-refractivity contribution is 4.98. The van der Waals surface area contributed by atoms with Crippen LogP contribution in [0, 0.1) is 0 Å². The number of unbranched alkanes of at least 4 members (excludes halogenated alkanes) is 1. The van der Waals surface area contributed by atoms with Crippen LogP contribution in [0.5, 0.6) is 0 Å². The third kappa shape index (κ3) is 6.91. The number of hydrogen-bond donors (Lipinski definition) is 2. The summed E-state index contributed by atoms with van der Waals surface area (Å²) < 4.78 is 0. The maximum absolute atomic E-state index is 5.95. The van der Waals surface area contributed by atoms with Crippen LogP contribution in [-0.4, -0.2) is 17.1 Å². The molecule has 0 unspecified atom stereocenters. The van der Waals surface area contributed by atoms with Gasteiger partial charge in [0.2, 0.25) is 0 Å². The Bertz CT molecular complexity index is 155. The lowest BCUT2D eigenvalue weighted by atomic mass is 9.80. The zero-order valence-corrected chi connectivity index (χ0v) is 11.5. The van der Waals surface area contributed by atoms with Crippen molar-refractivity contribution in [2.45, 2.75) is 84.3 Å². The fourth-order valence-corrected chi connectivity index (χ4v) is 2.40. The maximum atomic E-state index is 5.95. The summed E-state index contributed by atoms with van der Waals surface area (Å²) in [7, 11) is 0. The van der Waals surface area contributed by atoms with Crippen LogP contribution in [0.25, 0.3) is 0 Å². The molecule has 1 aliphatic rings. The molecule has 1 heterocycles. The van der Waals surface area contributed by atoms with Gasteiger partial charge >= 0.3 is 0 Å². The minimum absolute atomic E-state index is 0.209. The lowest BCUT2D eigenvalue weighted by Crippen LogP contribution is -2.60. The van der Waals surface area contributed by atoms with E-state index in [9.17, 15) is 0 Å². The molecule has 0 aromatic rings. The molecule has 15 heavy (non-hydrogen) atoms. The molecule has 1 aliphatic heterocycles. The van der Waals surface area contributed by atoms with Gasteiger partial charge < -0.3 is 11.1 Å². The maximum Gasteiger partial charge on any atom is 0.0144 e. The summed E-state index contributed by atoms with van der Waals surface area (Å²) in [5.41, 5.74) is 6.36. The summed E-state index contributed by atoms with van der Waals surface area (Å²) >= 11 is 0. The molecular formula is C13H30N2. The minimum Gasteiger partial charge on any atom is -0.328 e. The van der Waals surface area contributed by atoms with Crippen molar-refractivity contribution in [3.05, 3.63) is 0 Å². The van der Waals surface area contributed by atoms with Crippen LogP contribution in [0.15, 0.2) is 0 Å². The van der Waals surface area contributed by atoms with E-state index < -0.39 is 0 Å². The zero-order chi connectivity index (χ0) is 12.1. The van der Waals surface area contributed by atoms with Crippen LogP contribution in [0.4, 0.5) is 0 Å². The smallest absolute Gasteiger partial charge is 0.0144 e. The zero-order valence-electron chi connectivity index (χ0n) is 11.5. The molecule has 0 radical (unpaired) electrons. The Morgan fingerprint density at radius 1 is 1.00 bits per heavy atom. The lowest BCUT2D eigenvalue weighted by molar-refractivity contribution is 0.163. The second-order valence-corrected chi connectivity index (χ2v) is 6.06. The minimum atomic E-state index is 0.209. The van der Waals surface area contributed by atoms with Crippen molar-refractivity contribution >= 4 is 0 Å². The molecule has 1 fully saturated rings. The third-order valence-corrected chi connectivity index (χ3v) is 2.72. The Morgan fingerprint density at radius 3 is 1.53 bits per heavy atom. The molecule has 0 saturated carbocycles. The van der Waals surface area contributed by atoms with Crippen LogP contribution in [0.2, 0.25) is 0 Å². The molecule has 0 bridgehead atoms. The highest BCUT2D eigenvalue weighted by atomic mass is 15.1. The predicted molar refractivity (Wildman–Crippen MR) is 69.1 cm³/mol. The first-order valence-electron chi connectivity index (χ1n) is 6.27. The largest absolute Gasteiger partial charge is 0.328 e. The van der Waals surface area contributed by atoms with Gasteiger partial charge in [-0.2, -0.15) is 0 Å². The van der Waals surface area contributed by atoms with Crippen molar-refractivity contribution in [3.8, 4) is 0 Å². The molecule has 92 valence electrons. The molecule has 1 rings (SSSR count). The van der Waals surface area contributed by atoms with Gasteiger partial charge in [-0.15, -0.1) is 0 Å². The second kappa shape index (κ2) is 5.86. The molecule has 3 N–H and O–H groups in total. The number of nitrogens with two attached hydrogens (primary N) is 1. The normalized spacial score (nSPS) is 24.2. The van der Waals surface area contributed by atoms with Crippen molar-refractivity contribution in [3.63, 3.8) is 0 Å². The lowest BCUT2D eigenvalue weighted by Gasteiger charge is -2.45. The van der Waals surface area contributed by atoms with E-state index in [2.05, 4.69) is 46.9 Å². The molecule has 0 amide bonds. The van der Waals surface area contributed by atoms with E-state index in [-0.39, 0.29) is 11.1 Å². The van der Waals surface area contributed by atoms with Gasteiger partial charge in [-0.1, -0.05) is 26.7 Å². The van der Waals surface area contributed by atoms with Gasteiger partial charge in [0.1, 0.15) is 0 Å². The van der Waals surface area contributed by atoms with E-state index in [1.807, 2.05) is 0 Å². The number of nitrogens with one attached hydrogen (secondary N) is 1. The van der Waals surface area contributed by atoms with E-state index in [0.717, 1.165) is 12.8 Å². The first-order valence-corrected chi connectivity index (χ1v) is 6.27. The summed E-state index contributed by atoms with van der Waals surface area (Å²) in [5, 5.41) is 3.58. The van der Waals surface area contributed by atoms with Crippen molar-refractivity contribution in [1.82, 2.24) is 5.32 Å². The molecule has 0 aromatic heterocycles. The summed E-state index contributed by atoms with van der Waals surface area (Å²) in [5.74, 6) is 0. The van der Waals surface area contributed by atoms with E-state index in [4.69, 9.17) is 5.73 Å². The predicted octanol–water partition coefficient (Wildman–Crippen LogP) is 3.06. The van der Waals surface area contributed by atoms with Gasteiger partial charge in [0.05, 0.1) is 0 Å². The molecule has 2 heteroatoms. The van der Waals surface area contributed by atoms with Gasteiger partial charge in [0.25, 0.3) is 0 Å². The van der Waals surface area contributed by atoms with Crippen molar-refractivity contribution < 1.29 is 0 Å². The quantitative estimate of drug-likeness (QED) is 0.704. The molecule has 0 spiro atoms. The number of piperidine rings is 1. The van der Waals surface area contributed by atoms with Crippen LogP contribution in [0.3, 0.4) is 0 Å². The Kier molecular flexibility index (Phi) is 5.82. The Balaban J connectivity index is 0.000000423. The highest BCUT2D eigenvalue weighted by Crippen LogP contribution is 2.26. The van der Waals surface area contributed by atoms with E-state index in [1.54, 1.807) is 0 Å². The Labute approximate surface area is 96.0 Å². The van der Waals surface area contributed by atoms with Crippen LogP contribution in [-0.2, 0) is 0 Å². The first kappa shape index (κ1) is 14.9. The monoisotopic (exact) mass is 214 g/mol. The second-order valence-electron chi connectivity index (χ2n) is 6.06. The summed E-state index contributed by atoms with van der Waals surface area (Å²) in [6.45, 7) is 13.2. The molecule has 0 aromatic carbocycles. The standard InChI is InChI=1S/C9H20N2.C4H10/c1-8(2)5-7(10)6-9(3,4)11-8;1-3-4-2/h7,11H,5-6,10H2,1-4H3;3-4H2,1-2H3. The topological polar surface area (TPSA) is 38.0 Å². The molecule has 1 saturated heterocycles. The third-order valence-electron chi connectivity index (χ3n) is 2.72. The van der Waals surface area contributed by atoms with Gasteiger partial charge in [0.15, 0.2) is 0 Å². The van der Waals surface area contributed by atoms with Crippen molar-refractivity contribution in [2.75, 3.05) is 0 Å². The fourth-order valence-electron chi connectivity index (χ4n) is 2.40. The average molecular weight is 214 g/mol. The first-order chi connectivity index (χ1) is 6.72. The average Bonchev–Trinajstić information content (AvgIpc) is 1.97. The SMILES string of the molecule is CC1(C)CC(N)CC(C)(C)N1.CCCC.